The van der Waals surface area contributed by atoms with Gasteiger partial charge >= 0.3 is 0 Å². The zero-order chi connectivity index (χ0) is 10.3. The van der Waals surface area contributed by atoms with Crippen LogP contribution in [0, 0.1) is 0 Å². The maximum absolute atomic E-state index is 11.7. The van der Waals surface area contributed by atoms with Gasteiger partial charge in [0.05, 0.1) is 20.4 Å². The molecule has 2 aromatic rings. The van der Waals surface area contributed by atoms with E-state index in [1.54, 1.807) is 18.3 Å². The first-order valence-electron chi connectivity index (χ1n) is 3.76. The van der Waals surface area contributed by atoms with Crippen LogP contribution in [0.2, 0.25) is 5.02 Å². The number of halogens is 3. The van der Waals surface area contributed by atoms with Gasteiger partial charge in [0.1, 0.15) is 0 Å². The van der Waals surface area contributed by atoms with Crippen LogP contribution in [-0.2, 0) is 0 Å². The largest absolute Gasteiger partial charge is 0.359 e. The second-order valence-corrected chi connectivity index (χ2v) is 4.86. The molecule has 0 aliphatic heterocycles. The van der Waals surface area contributed by atoms with Gasteiger partial charge in [-0.3, -0.25) is 4.79 Å². The lowest BCUT2D eigenvalue weighted by atomic mass is 10.2. The molecule has 1 aromatic carbocycles. The second kappa shape index (κ2) is 3.68. The number of H-pyrrole nitrogens is 1. The number of hydrogen-bond donors (Lipinski definition) is 1. The number of aromatic amines is 1. The van der Waals surface area contributed by atoms with Crippen LogP contribution in [0.15, 0.2) is 32.1 Å². The Morgan fingerprint density at radius 3 is 2.64 bits per heavy atom. The molecule has 0 aliphatic carbocycles. The Hall–Kier alpha value is -0.320. The van der Waals surface area contributed by atoms with E-state index >= 15 is 0 Å². The number of rotatable bonds is 0. The molecule has 0 aliphatic rings. The number of benzene rings is 1. The van der Waals surface area contributed by atoms with Crippen LogP contribution in [0.1, 0.15) is 0 Å². The molecular weight excluding hydrogens is 333 g/mol. The minimum atomic E-state index is -0.106. The van der Waals surface area contributed by atoms with Crippen molar-refractivity contribution in [1.29, 1.82) is 0 Å². The molecule has 0 saturated heterocycles. The first kappa shape index (κ1) is 10.2. The summed E-state index contributed by atoms with van der Waals surface area (Å²) in [6.07, 6.45) is 1.60. The number of fused-ring (bicyclic) bond motifs is 1. The summed E-state index contributed by atoms with van der Waals surface area (Å²) < 4.78 is 1.30. The Balaban J connectivity index is 3.09. The molecule has 0 fully saturated rings. The minimum Gasteiger partial charge on any atom is -0.359 e. The van der Waals surface area contributed by atoms with Crippen molar-refractivity contribution in [2.24, 2.45) is 0 Å². The molecule has 0 unspecified atom stereocenters. The summed E-state index contributed by atoms with van der Waals surface area (Å²) in [6, 6.07) is 3.49. The van der Waals surface area contributed by atoms with Crippen LogP contribution >= 0.6 is 43.5 Å². The number of pyridine rings is 1. The van der Waals surface area contributed by atoms with E-state index in [0.717, 1.165) is 4.47 Å². The quantitative estimate of drug-likeness (QED) is 0.781. The van der Waals surface area contributed by atoms with Crippen molar-refractivity contribution < 1.29 is 0 Å². The topological polar surface area (TPSA) is 32.9 Å². The normalized spacial score (nSPS) is 10.8. The van der Waals surface area contributed by atoms with Gasteiger partial charge in [-0.2, -0.15) is 0 Å². The molecule has 1 N–H and O–H groups in total. The molecule has 72 valence electrons. The van der Waals surface area contributed by atoms with Crippen LogP contribution in [-0.4, -0.2) is 4.98 Å². The fourth-order valence-electron chi connectivity index (χ4n) is 1.24. The molecule has 2 rings (SSSR count). The maximum atomic E-state index is 11.7. The summed E-state index contributed by atoms with van der Waals surface area (Å²) in [5.74, 6) is 0. The van der Waals surface area contributed by atoms with Crippen LogP contribution < -0.4 is 5.43 Å². The van der Waals surface area contributed by atoms with Gasteiger partial charge in [-0.05, 0) is 44.0 Å². The summed E-state index contributed by atoms with van der Waals surface area (Å²) in [6.45, 7) is 0. The van der Waals surface area contributed by atoms with E-state index < -0.39 is 0 Å². The highest BCUT2D eigenvalue weighted by Gasteiger charge is 2.08. The molecule has 0 bridgehead atoms. The van der Waals surface area contributed by atoms with Gasteiger partial charge < -0.3 is 4.98 Å². The fraction of sp³-hybridized carbons (Fsp3) is 0. The van der Waals surface area contributed by atoms with Gasteiger partial charge in [0.25, 0.3) is 0 Å². The van der Waals surface area contributed by atoms with Crippen LogP contribution in [0.3, 0.4) is 0 Å². The number of nitrogens with one attached hydrogen (secondary N) is 1. The molecule has 14 heavy (non-hydrogen) atoms. The van der Waals surface area contributed by atoms with E-state index in [0.29, 0.717) is 20.4 Å². The zero-order valence-electron chi connectivity index (χ0n) is 6.77. The highest BCUT2D eigenvalue weighted by molar-refractivity contribution is 9.11. The fourth-order valence-corrected chi connectivity index (χ4v) is 2.24. The monoisotopic (exact) mass is 335 g/mol. The van der Waals surface area contributed by atoms with E-state index in [2.05, 4.69) is 36.8 Å². The molecule has 0 spiro atoms. The highest BCUT2D eigenvalue weighted by Crippen LogP contribution is 2.26. The zero-order valence-corrected chi connectivity index (χ0v) is 10.7. The van der Waals surface area contributed by atoms with Crippen molar-refractivity contribution in [3.05, 3.63) is 42.5 Å². The third-order valence-corrected chi connectivity index (χ3v) is 3.46. The van der Waals surface area contributed by atoms with Gasteiger partial charge in [0.15, 0.2) is 0 Å². The van der Waals surface area contributed by atoms with Crippen LogP contribution in [0.25, 0.3) is 10.9 Å². The van der Waals surface area contributed by atoms with E-state index in [4.69, 9.17) is 11.6 Å². The Kier molecular flexibility index (Phi) is 2.68. The summed E-state index contributed by atoms with van der Waals surface area (Å²) in [5, 5.41) is 0.946. The van der Waals surface area contributed by atoms with Crippen molar-refractivity contribution >= 4 is 54.4 Å². The number of hydrogen-bond acceptors (Lipinski definition) is 1. The third kappa shape index (κ3) is 1.51. The molecule has 0 saturated carbocycles. The predicted molar refractivity (Wildman–Crippen MR) is 65.0 cm³/mol. The van der Waals surface area contributed by atoms with Crippen LogP contribution in [0.4, 0.5) is 0 Å². The molecule has 0 amide bonds. The van der Waals surface area contributed by atoms with Gasteiger partial charge in [0, 0.05) is 10.7 Å². The molecule has 0 radical (unpaired) electrons. The predicted octanol–water partition coefficient (Wildman–Crippen LogP) is 3.71. The summed E-state index contributed by atoms with van der Waals surface area (Å²) >= 11 is 12.4. The van der Waals surface area contributed by atoms with Gasteiger partial charge in [-0.25, -0.2) is 0 Å². The van der Waals surface area contributed by atoms with Crippen molar-refractivity contribution in [3.63, 3.8) is 0 Å². The smallest absolute Gasteiger partial charge is 0.205 e. The molecule has 0 atom stereocenters. The lowest BCUT2D eigenvalue weighted by Crippen LogP contribution is -2.04. The van der Waals surface area contributed by atoms with E-state index in [1.165, 1.54) is 0 Å². The van der Waals surface area contributed by atoms with E-state index in [9.17, 15) is 4.79 Å². The van der Waals surface area contributed by atoms with E-state index in [1.807, 2.05) is 0 Å². The first-order valence-corrected chi connectivity index (χ1v) is 5.72. The van der Waals surface area contributed by atoms with Crippen molar-refractivity contribution in [1.82, 2.24) is 4.98 Å². The standard InChI is InChI=1S/C9H4Br2ClNO/c10-4-1-2-6(12)7-8(4)13-3-5(11)9(7)14/h1-3H,(H,13,14). The van der Waals surface area contributed by atoms with E-state index in [-0.39, 0.29) is 5.43 Å². The average molecular weight is 337 g/mol. The van der Waals surface area contributed by atoms with Gasteiger partial charge in [-0.15, -0.1) is 0 Å². The Morgan fingerprint density at radius 1 is 1.21 bits per heavy atom. The van der Waals surface area contributed by atoms with Gasteiger partial charge in [-0.1, -0.05) is 11.6 Å². The second-order valence-electron chi connectivity index (χ2n) is 2.74. The summed E-state index contributed by atoms with van der Waals surface area (Å²) in [7, 11) is 0. The Morgan fingerprint density at radius 2 is 1.93 bits per heavy atom. The molecule has 5 heteroatoms. The summed E-state index contributed by atoms with van der Waals surface area (Å²) in [4.78, 5) is 14.7. The first-order chi connectivity index (χ1) is 6.61. The average Bonchev–Trinajstić information content (AvgIpc) is 2.16. The van der Waals surface area contributed by atoms with Crippen LogP contribution in [0.5, 0.6) is 0 Å². The molecule has 1 heterocycles. The lowest BCUT2D eigenvalue weighted by molar-refractivity contribution is 1.35. The van der Waals surface area contributed by atoms with Crippen molar-refractivity contribution in [3.8, 4) is 0 Å². The highest BCUT2D eigenvalue weighted by atomic mass is 79.9. The lowest BCUT2D eigenvalue weighted by Gasteiger charge is -2.02. The number of aromatic nitrogens is 1. The molecule has 2 nitrogen and oxygen atoms in total. The maximum Gasteiger partial charge on any atom is 0.205 e. The summed E-state index contributed by atoms with van der Waals surface area (Å²) in [5.41, 5.74) is 0.607. The Bertz CT molecular complexity index is 564. The third-order valence-electron chi connectivity index (χ3n) is 1.89. The van der Waals surface area contributed by atoms with Gasteiger partial charge in [0.2, 0.25) is 5.43 Å². The minimum absolute atomic E-state index is 0.106. The SMILES string of the molecule is O=c1c(Br)c[nH]c2c(Br)ccc(Cl)c12. The molecule has 1 aromatic heterocycles. The Labute approximate surface area is 102 Å². The molecular formula is C9H4Br2ClNO. The van der Waals surface area contributed by atoms with Crippen molar-refractivity contribution in [2.45, 2.75) is 0 Å². The van der Waals surface area contributed by atoms with Crippen molar-refractivity contribution in [2.75, 3.05) is 0 Å².